The minimum Gasteiger partial charge on any atom is -0.505 e. The molecular weight excluding hydrogens is 420 g/mol. The molecule has 4 aromatic carbocycles. The van der Waals surface area contributed by atoms with Crippen LogP contribution in [0, 0.1) is 0 Å². The first-order chi connectivity index (χ1) is 16.0. The molecule has 0 saturated heterocycles. The Morgan fingerprint density at radius 3 is 2.36 bits per heavy atom. The first kappa shape index (κ1) is 21.4. The van der Waals surface area contributed by atoms with Crippen LogP contribution in [0.5, 0.6) is 5.75 Å². The van der Waals surface area contributed by atoms with Crippen LogP contribution in [0.3, 0.4) is 0 Å². The maximum absolute atomic E-state index is 12.6. The Bertz CT molecular complexity index is 1420. The average Bonchev–Trinajstić information content (AvgIpc) is 2.83. The molecule has 2 amide bonds. The fourth-order valence-corrected chi connectivity index (χ4v) is 3.31. The maximum Gasteiger partial charge on any atom is 0.255 e. The highest BCUT2D eigenvalue weighted by molar-refractivity contribution is 6.07. The highest BCUT2D eigenvalue weighted by Gasteiger charge is 2.17. The van der Waals surface area contributed by atoms with Crippen molar-refractivity contribution in [2.24, 2.45) is 16.0 Å². The number of phenols is 1. The summed E-state index contributed by atoms with van der Waals surface area (Å²) < 4.78 is 0. The molecule has 0 aliphatic heterocycles. The van der Waals surface area contributed by atoms with Gasteiger partial charge in [0.05, 0.1) is 11.3 Å². The third-order valence-corrected chi connectivity index (χ3v) is 4.97. The topological polar surface area (TPSA) is 134 Å². The number of benzene rings is 4. The second kappa shape index (κ2) is 9.11. The number of hydrogen-bond donors (Lipinski definition) is 3. The SMILES string of the molecule is NC(=O)c1cc2ccccc2c(N=Nc2cc(C(=O)Nc3ccccc3)ccc2C=O)c1O. The number of nitrogens with zero attached hydrogens (tertiary/aromatic N) is 2. The van der Waals surface area contributed by atoms with Crippen LogP contribution in [0.2, 0.25) is 0 Å². The molecule has 0 atom stereocenters. The zero-order chi connectivity index (χ0) is 23.4. The number of anilines is 1. The quantitative estimate of drug-likeness (QED) is 0.284. The molecule has 4 aromatic rings. The number of fused-ring (bicyclic) bond motifs is 1. The van der Waals surface area contributed by atoms with Crippen molar-refractivity contribution in [2.75, 3.05) is 5.32 Å². The molecule has 0 bridgehead atoms. The minimum atomic E-state index is -0.817. The van der Waals surface area contributed by atoms with Crippen molar-refractivity contribution in [3.8, 4) is 5.75 Å². The van der Waals surface area contributed by atoms with E-state index in [0.29, 0.717) is 22.7 Å². The molecule has 8 heteroatoms. The van der Waals surface area contributed by atoms with E-state index >= 15 is 0 Å². The summed E-state index contributed by atoms with van der Waals surface area (Å²) in [7, 11) is 0. The van der Waals surface area contributed by atoms with Crippen LogP contribution in [0.15, 0.2) is 89.1 Å². The van der Waals surface area contributed by atoms with Gasteiger partial charge in [-0.05, 0) is 41.8 Å². The van der Waals surface area contributed by atoms with Gasteiger partial charge in [0, 0.05) is 22.2 Å². The second-order valence-corrected chi connectivity index (χ2v) is 7.12. The molecule has 0 radical (unpaired) electrons. The molecule has 0 aromatic heterocycles. The largest absolute Gasteiger partial charge is 0.505 e. The van der Waals surface area contributed by atoms with Gasteiger partial charge in [-0.2, -0.15) is 0 Å². The standard InChI is InChI=1S/C25H18N4O4/c26-24(32)20-12-15-6-4-5-9-19(15)22(23(20)31)29-28-21-13-16(10-11-17(21)14-30)25(33)27-18-7-2-1-3-8-18/h1-14,31H,(H2,26,32)(H,27,33). The van der Waals surface area contributed by atoms with E-state index in [2.05, 4.69) is 15.5 Å². The lowest BCUT2D eigenvalue weighted by molar-refractivity contribution is 0.0995. The van der Waals surface area contributed by atoms with E-state index in [1.54, 1.807) is 48.5 Å². The highest BCUT2D eigenvalue weighted by atomic mass is 16.3. The average molecular weight is 438 g/mol. The zero-order valence-corrected chi connectivity index (χ0v) is 17.2. The third kappa shape index (κ3) is 4.45. The van der Waals surface area contributed by atoms with Gasteiger partial charge in [-0.15, -0.1) is 10.2 Å². The van der Waals surface area contributed by atoms with Crippen molar-refractivity contribution >= 4 is 45.9 Å². The lowest BCUT2D eigenvalue weighted by Gasteiger charge is -2.09. The van der Waals surface area contributed by atoms with E-state index in [1.165, 1.54) is 24.3 Å². The minimum absolute atomic E-state index is 0.0258. The predicted octanol–water partition coefficient (Wildman–Crippen LogP) is 5.12. The van der Waals surface area contributed by atoms with Crippen LogP contribution in [-0.4, -0.2) is 23.2 Å². The summed E-state index contributed by atoms with van der Waals surface area (Å²) in [6, 6.07) is 21.7. The number of hydrogen-bond acceptors (Lipinski definition) is 6. The molecule has 162 valence electrons. The van der Waals surface area contributed by atoms with E-state index in [-0.39, 0.29) is 34.0 Å². The maximum atomic E-state index is 12.6. The summed E-state index contributed by atoms with van der Waals surface area (Å²) in [5.74, 6) is -1.63. The number of carbonyl (C=O) groups excluding carboxylic acids is 3. The summed E-state index contributed by atoms with van der Waals surface area (Å²) >= 11 is 0. The molecule has 0 fully saturated rings. The number of amides is 2. The van der Waals surface area contributed by atoms with Crippen LogP contribution in [0.25, 0.3) is 10.8 Å². The van der Waals surface area contributed by atoms with E-state index in [0.717, 1.165) is 0 Å². The van der Waals surface area contributed by atoms with Gasteiger partial charge in [-0.1, -0.05) is 42.5 Å². The summed E-state index contributed by atoms with van der Waals surface area (Å²) in [5, 5.41) is 22.7. The monoisotopic (exact) mass is 438 g/mol. The van der Waals surface area contributed by atoms with Crippen molar-refractivity contribution in [1.29, 1.82) is 0 Å². The summed E-state index contributed by atoms with van der Waals surface area (Å²) in [6.45, 7) is 0. The number of aldehydes is 1. The van der Waals surface area contributed by atoms with Gasteiger partial charge >= 0.3 is 0 Å². The van der Waals surface area contributed by atoms with Crippen molar-refractivity contribution in [3.63, 3.8) is 0 Å². The van der Waals surface area contributed by atoms with Crippen LogP contribution in [0.4, 0.5) is 17.1 Å². The Hall–Kier alpha value is -4.85. The first-order valence-corrected chi connectivity index (χ1v) is 9.90. The normalized spacial score (nSPS) is 10.9. The molecule has 4 rings (SSSR count). The molecule has 0 spiro atoms. The number of nitrogens with one attached hydrogen (secondary N) is 1. The molecular formula is C25H18N4O4. The van der Waals surface area contributed by atoms with Gasteiger partial charge < -0.3 is 16.2 Å². The molecule has 0 heterocycles. The molecule has 0 saturated carbocycles. The fourth-order valence-electron chi connectivity index (χ4n) is 3.31. The Kier molecular flexibility index (Phi) is 5.90. The van der Waals surface area contributed by atoms with Crippen LogP contribution < -0.4 is 11.1 Å². The van der Waals surface area contributed by atoms with Gasteiger partial charge in [0.2, 0.25) is 0 Å². The van der Waals surface area contributed by atoms with Gasteiger partial charge in [-0.25, -0.2) is 0 Å². The van der Waals surface area contributed by atoms with Gasteiger partial charge in [-0.3, -0.25) is 14.4 Å². The van der Waals surface area contributed by atoms with E-state index in [4.69, 9.17) is 5.73 Å². The van der Waals surface area contributed by atoms with E-state index in [1.807, 2.05) is 6.07 Å². The predicted molar refractivity (Wildman–Crippen MR) is 125 cm³/mol. The van der Waals surface area contributed by atoms with E-state index in [9.17, 15) is 19.5 Å². The summed E-state index contributed by atoms with van der Waals surface area (Å²) in [6.07, 6.45) is 0.588. The number of aromatic hydroxyl groups is 1. The van der Waals surface area contributed by atoms with Crippen molar-refractivity contribution in [1.82, 2.24) is 0 Å². The lowest BCUT2D eigenvalue weighted by Crippen LogP contribution is -2.11. The second-order valence-electron chi connectivity index (χ2n) is 7.12. The smallest absolute Gasteiger partial charge is 0.255 e. The molecule has 0 unspecified atom stereocenters. The Morgan fingerprint density at radius 1 is 0.909 bits per heavy atom. The first-order valence-electron chi connectivity index (χ1n) is 9.90. The number of nitrogens with two attached hydrogens (primary N) is 1. The van der Waals surface area contributed by atoms with Crippen molar-refractivity contribution in [2.45, 2.75) is 0 Å². The molecule has 8 nitrogen and oxygen atoms in total. The number of carbonyl (C=O) groups is 3. The summed E-state index contributed by atoms with van der Waals surface area (Å²) in [4.78, 5) is 35.9. The third-order valence-electron chi connectivity index (χ3n) is 4.97. The van der Waals surface area contributed by atoms with Crippen LogP contribution in [-0.2, 0) is 0 Å². The number of primary amides is 1. The van der Waals surface area contributed by atoms with Gasteiger partial charge in [0.25, 0.3) is 11.8 Å². The van der Waals surface area contributed by atoms with Gasteiger partial charge in [0.15, 0.2) is 12.0 Å². The lowest BCUT2D eigenvalue weighted by atomic mass is 10.0. The Balaban J connectivity index is 1.75. The molecule has 0 aliphatic rings. The molecule has 0 aliphatic carbocycles. The zero-order valence-electron chi connectivity index (χ0n) is 17.2. The Morgan fingerprint density at radius 2 is 1.64 bits per heavy atom. The number of rotatable bonds is 6. The van der Waals surface area contributed by atoms with E-state index < -0.39 is 11.7 Å². The molecule has 4 N–H and O–H groups in total. The number of para-hydroxylation sites is 1. The summed E-state index contributed by atoms with van der Waals surface area (Å²) in [5.41, 5.74) is 6.51. The van der Waals surface area contributed by atoms with Crippen LogP contribution in [0.1, 0.15) is 31.1 Å². The van der Waals surface area contributed by atoms with Crippen molar-refractivity contribution < 1.29 is 19.5 Å². The van der Waals surface area contributed by atoms with Gasteiger partial charge in [0.1, 0.15) is 5.69 Å². The molecule has 33 heavy (non-hydrogen) atoms. The van der Waals surface area contributed by atoms with Crippen molar-refractivity contribution in [3.05, 3.63) is 95.6 Å². The van der Waals surface area contributed by atoms with Crippen LogP contribution >= 0.6 is 0 Å². The number of azo groups is 1. The fraction of sp³-hybridized carbons (Fsp3) is 0. The highest BCUT2D eigenvalue weighted by Crippen LogP contribution is 2.39. The Labute approximate surface area is 188 Å².